The first-order valence-corrected chi connectivity index (χ1v) is 6.57. The standard InChI is InChI=1S/C13H26N2O/c1-4-6-7-10(9-14)15-12(16)11-8-13(11,3)5-2/h10-11H,4-9,14H2,1-3H3,(H,15,16). The first-order chi connectivity index (χ1) is 7.57. The van der Waals surface area contributed by atoms with Crippen molar-refractivity contribution in [3.05, 3.63) is 0 Å². The van der Waals surface area contributed by atoms with E-state index in [4.69, 9.17) is 5.73 Å². The van der Waals surface area contributed by atoms with Gasteiger partial charge in [-0.05, 0) is 24.7 Å². The zero-order chi connectivity index (χ0) is 12.2. The largest absolute Gasteiger partial charge is 0.352 e. The van der Waals surface area contributed by atoms with Crippen LogP contribution in [0.3, 0.4) is 0 Å². The molecule has 0 saturated heterocycles. The Balaban J connectivity index is 2.33. The van der Waals surface area contributed by atoms with Gasteiger partial charge in [0.15, 0.2) is 0 Å². The molecule has 1 aliphatic carbocycles. The Kier molecular flexibility index (Phi) is 4.78. The summed E-state index contributed by atoms with van der Waals surface area (Å²) in [5.41, 5.74) is 5.93. The van der Waals surface area contributed by atoms with Crippen LogP contribution in [0.1, 0.15) is 52.9 Å². The van der Waals surface area contributed by atoms with E-state index >= 15 is 0 Å². The van der Waals surface area contributed by atoms with Gasteiger partial charge in [0.2, 0.25) is 5.91 Å². The minimum Gasteiger partial charge on any atom is -0.352 e. The number of hydrogen-bond donors (Lipinski definition) is 2. The predicted molar refractivity (Wildman–Crippen MR) is 67.0 cm³/mol. The number of nitrogens with one attached hydrogen (secondary N) is 1. The second-order valence-electron chi connectivity index (χ2n) is 5.35. The topological polar surface area (TPSA) is 55.1 Å². The number of carbonyl (C=O) groups excluding carboxylic acids is 1. The van der Waals surface area contributed by atoms with Gasteiger partial charge in [0.25, 0.3) is 0 Å². The summed E-state index contributed by atoms with van der Waals surface area (Å²) in [6, 6.07) is 0.175. The van der Waals surface area contributed by atoms with Crippen molar-refractivity contribution in [2.24, 2.45) is 17.1 Å². The third-order valence-electron chi connectivity index (χ3n) is 4.01. The van der Waals surface area contributed by atoms with E-state index in [1.54, 1.807) is 0 Å². The first kappa shape index (κ1) is 13.5. The summed E-state index contributed by atoms with van der Waals surface area (Å²) in [6.45, 7) is 7.07. The molecule has 0 aromatic carbocycles. The van der Waals surface area contributed by atoms with E-state index < -0.39 is 0 Å². The van der Waals surface area contributed by atoms with Crippen molar-refractivity contribution in [3.8, 4) is 0 Å². The molecule has 0 spiro atoms. The molecule has 94 valence electrons. The summed E-state index contributed by atoms with van der Waals surface area (Å²) in [5, 5.41) is 3.09. The van der Waals surface area contributed by atoms with Crippen LogP contribution >= 0.6 is 0 Å². The molecule has 1 rings (SSSR count). The molecule has 0 bridgehead atoms. The summed E-state index contributed by atoms with van der Waals surface area (Å²) in [7, 11) is 0. The average molecular weight is 226 g/mol. The zero-order valence-corrected chi connectivity index (χ0v) is 10.9. The maximum atomic E-state index is 11.9. The normalized spacial score (nSPS) is 29.9. The first-order valence-electron chi connectivity index (χ1n) is 6.57. The van der Waals surface area contributed by atoms with Gasteiger partial charge in [-0.1, -0.05) is 33.6 Å². The molecule has 1 amide bonds. The number of rotatable bonds is 7. The van der Waals surface area contributed by atoms with Crippen molar-refractivity contribution >= 4 is 5.91 Å². The Morgan fingerprint density at radius 3 is 2.69 bits per heavy atom. The Hall–Kier alpha value is -0.570. The number of carbonyl (C=O) groups is 1. The summed E-state index contributed by atoms with van der Waals surface area (Å²) in [4.78, 5) is 11.9. The fraction of sp³-hybridized carbons (Fsp3) is 0.923. The molecule has 3 nitrogen and oxygen atoms in total. The smallest absolute Gasteiger partial charge is 0.223 e. The molecular weight excluding hydrogens is 200 g/mol. The minimum atomic E-state index is 0.175. The molecule has 1 fully saturated rings. The van der Waals surface area contributed by atoms with Crippen LogP contribution in [0.4, 0.5) is 0 Å². The highest BCUT2D eigenvalue weighted by Crippen LogP contribution is 2.54. The number of amides is 1. The predicted octanol–water partition coefficient (Wildman–Crippen LogP) is 2.06. The Bertz CT molecular complexity index is 242. The highest BCUT2D eigenvalue weighted by atomic mass is 16.2. The zero-order valence-electron chi connectivity index (χ0n) is 10.9. The van der Waals surface area contributed by atoms with E-state index in [1.807, 2.05) is 0 Å². The molecule has 0 aliphatic heterocycles. The molecule has 0 aromatic heterocycles. The molecule has 1 saturated carbocycles. The van der Waals surface area contributed by atoms with Crippen molar-refractivity contribution in [1.29, 1.82) is 0 Å². The van der Waals surface area contributed by atoms with Gasteiger partial charge in [0, 0.05) is 18.5 Å². The molecule has 1 aliphatic rings. The van der Waals surface area contributed by atoms with Crippen molar-refractivity contribution in [2.75, 3.05) is 6.54 Å². The molecule has 3 unspecified atom stereocenters. The van der Waals surface area contributed by atoms with Gasteiger partial charge in [-0.25, -0.2) is 0 Å². The molecule has 16 heavy (non-hydrogen) atoms. The van der Waals surface area contributed by atoms with E-state index in [-0.39, 0.29) is 23.3 Å². The van der Waals surface area contributed by atoms with E-state index in [9.17, 15) is 4.79 Å². The Morgan fingerprint density at radius 1 is 1.56 bits per heavy atom. The quantitative estimate of drug-likeness (QED) is 0.698. The average Bonchev–Trinajstić information content (AvgIpc) is 2.97. The van der Waals surface area contributed by atoms with Crippen LogP contribution < -0.4 is 11.1 Å². The highest BCUT2D eigenvalue weighted by molar-refractivity contribution is 5.82. The van der Waals surface area contributed by atoms with Crippen LogP contribution in [0.5, 0.6) is 0 Å². The summed E-state index contributed by atoms with van der Waals surface area (Å²) in [5.74, 6) is 0.448. The summed E-state index contributed by atoms with van der Waals surface area (Å²) in [6.07, 6.45) is 5.43. The van der Waals surface area contributed by atoms with Crippen LogP contribution in [-0.2, 0) is 4.79 Å². The molecule has 3 atom stereocenters. The minimum absolute atomic E-state index is 0.175. The lowest BCUT2D eigenvalue weighted by Crippen LogP contribution is -2.41. The third-order valence-corrected chi connectivity index (χ3v) is 4.01. The lowest BCUT2D eigenvalue weighted by Gasteiger charge is -2.17. The van der Waals surface area contributed by atoms with Gasteiger partial charge in [-0.3, -0.25) is 4.79 Å². The van der Waals surface area contributed by atoms with E-state index in [0.717, 1.165) is 32.1 Å². The highest BCUT2D eigenvalue weighted by Gasteiger charge is 2.52. The second kappa shape index (κ2) is 5.67. The van der Waals surface area contributed by atoms with Gasteiger partial charge in [-0.15, -0.1) is 0 Å². The van der Waals surface area contributed by atoms with E-state index in [2.05, 4.69) is 26.1 Å². The maximum absolute atomic E-state index is 11.9. The van der Waals surface area contributed by atoms with E-state index in [1.165, 1.54) is 0 Å². The van der Waals surface area contributed by atoms with Gasteiger partial charge in [-0.2, -0.15) is 0 Å². The number of hydrogen-bond acceptors (Lipinski definition) is 2. The van der Waals surface area contributed by atoms with Crippen LogP contribution in [-0.4, -0.2) is 18.5 Å². The molecule has 3 N–H and O–H groups in total. The monoisotopic (exact) mass is 226 g/mol. The third kappa shape index (κ3) is 3.21. The van der Waals surface area contributed by atoms with Gasteiger partial charge in [0.05, 0.1) is 0 Å². The number of unbranched alkanes of at least 4 members (excludes halogenated alkanes) is 1. The van der Waals surface area contributed by atoms with Crippen molar-refractivity contribution < 1.29 is 4.79 Å². The van der Waals surface area contributed by atoms with Crippen LogP contribution in [0, 0.1) is 11.3 Å². The lowest BCUT2D eigenvalue weighted by molar-refractivity contribution is -0.123. The fourth-order valence-corrected chi connectivity index (χ4v) is 2.21. The van der Waals surface area contributed by atoms with Crippen LogP contribution in [0.25, 0.3) is 0 Å². The molecule has 0 radical (unpaired) electrons. The SMILES string of the molecule is CCCCC(CN)NC(=O)C1CC1(C)CC. The van der Waals surface area contributed by atoms with E-state index in [0.29, 0.717) is 6.54 Å². The Morgan fingerprint density at radius 2 is 2.25 bits per heavy atom. The van der Waals surface area contributed by atoms with Gasteiger partial charge >= 0.3 is 0 Å². The maximum Gasteiger partial charge on any atom is 0.223 e. The molecule has 0 heterocycles. The van der Waals surface area contributed by atoms with Crippen molar-refractivity contribution in [1.82, 2.24) is 5.32 Å². The molecule has 0 aromatic rings. The van der Waals surface area contributed by atoms with Crippen LogP contribution in [0.2, 0.25) is 0 Å². The molecular formula is C13H26N2O. The fourth-order valence-electron chi connectivity index (χ4n) is 2.21. The van der Waals surface area contributed by atoms with Gasteiger partial charge < -0.3 is 11.1 Å². The molecule has 3 heteroatoms. The van der Waals surface area contributed by atoms with Crippen molar-refractivity contribution in [2.45, 2.75) is 58.9 Å². The summed E-state index contributed by atoms with van der Waals surface area (Å²) < 4.78 is 0. The van der Waals surface area contributed by atoms with Crippen LogP contribution in [0.15, 0.2) is 0 Å². The van der Waals surface area contributed by atoms with Crippen molar-refractivity contribution in [3.63, 3.8) is 0 Å². The lowest BCUT2D eigenvalue weighted by atomic mass is 10.0. The second-order valence-corrected chi connectivity index (χ2v) is 5.35. The summed E-state index contributed by atoms with van der Waals surface area (Å²) >= 11 is 0. The Labute approximate surface area is 99.2 Å². The number of nitrogens with two attached hydrogens (primary N) is 1. The van der Waals surface area contributed by atoms with Gasteiger partial charge in [0.1, 0.15) is 0 Å².